The van der Waals surface area contributed by atoms with Crippen LogP contribution in [-0.2, 0) is 0 Å². The van der Waals surface area contributed by atoms with Crippen LogP contribution in [0.2, 0.25) is 0 Å². The first-order valence-electron chi connectivity index (χ1n) is 7.72. The van der Waals surface area contributed by atoms with Gasteiger partial charge in [-0.1, -0.05) is 103 Å². The standard InChI is InChI=1S/C22H18O/c23-22(20-14-8-3-9-15-20)21(19-12-6-2-7-13-19)17-16-18-10-4-1-5-11-18/h1-17,21H. The van der Waals surface area contributed by atoms with Gasteiger partial charge in [0.15, 0.2) is 5.78 Å². The number of benzene rings is 3. The molecule has 1 heteroatoms. The van der Waals surface area contributed by atoms with E-state index in [2.05, 4.69) is 0 Å². The number of ketones is 1. The van der Waals surface area contributed by atoms with E-state index in [1.54, 1.807) is 0 Å². The molecule has 0 N–H and O–H groups in total. The van der Waals surface area contributed by atoms with Crippen molar-refractivity contribution in [3.05, 3.63) is 114 Å². The van der Waals surface area contributed by atoms with Crippen molar-refractivity contribution < 1.29 is 4.79 Å². The van der Waals surface area contributed by atoms with Crippen LogP contribution in [0.1, 0.15) is 27.4 Å². The molecule has 1 unspecified atom stereocenters. The molecule has 23 heavy (non-hydrogen) atoms. The average molecular weight is 298 g/mol. The Kier molecular flexibility index (Phi) is 4.80. The van der Waals surface area contributed by atoms with Crippen molar-refractivity contribution in [3.8, 4) is 0 Å². The minimum absolute atomic E-state index is 0.115. The number of rotatable bonds is 5. The zero-order valence-corrected chi connectivity index (χ0v) is 12.8. The van der Waals surface area contributed by atoms with Gasteiger partial charge in [0.05, 0.1) is 5.92 Å². The first-order chi connectivity index (χ1) is 11.3. The van der Waals surface area contributed by atoms with Gasteiger partial charge in [-0.2, -0.15) is 0 Å². The van der Waals surface area contributed by atoms with E-state index in [9.17, 15) is 4.79 Å². The number of allylic oxidation sites excluding steroid dienone is 1. The van der Waals surface area contributed by atoms with E-state index < -0.39 is 0 Å². The van der Waals surface area contributed by atoms with Crippen LogP contribution in [0.25, 0.3) is 6.08 Å². The van der Waals surface area contributed by atoms with Crippen LogP contribution in [0.4, 0.5) is 0 Å². The summed E-state index contributed by atoms with van der Waals surface area (Å²) in [6, 6.07) is 29.4. The van der Waals surface area contributed by atoms with Crippen LogP contribution in [0.3, 0.4) is 0 Å². The third-order valence-corrected chi connectivity index (χ3v) is 3.78. The molecule has 112 valence electrons. The summed E-state index contributed by atoms with van der Waals surface area (Å²) in [6.07, 6.45) is 4.00. The summed E-state index contributed by atoms with van der Waals surface area (Å²) >= 11 is 0. The summed E-state index contributed by atoms with van der Waals surface area (Å²) in [7, 11) is 0. The Morgan fingerprint density at radius 3 is 1.83 bits per heavy atom. The third kappa shape index (κ3) is 3.83. The summed E-state index contributed by atoms with van der Waals surface area (Å²) in [5.41, 5.74) is 2.84. The fourth-order valence-corrected chi connectivity index (χ4v) is 2.56. The molecule has 0 spiro atoms. The minimum atomic E-state index is -0.279. The maximum absolute atomic E-state index is 12.9. The molecule has 0 aromatic heterocycles. The minimum Gasteiger partial charge on any atom is -0.293 e. The van der Waals surface area contributed by atoms with E-state index in [1.165, 1.54) is 0 Å². The maximum atomic E-state index is 12.9. The van der Waals surface area contributed by atoms with Gasteiger partial charge in [0, 0.05) is 5.56 Å². The fourth-order valence-electron chi connectivity index (χ4n) is 2.56. The Hall–Kier alpha value is -2.93. The van der Waals surface area contributed by atoms with Crippen LogP contribution in [-0.4, -0.2) is 5.78 Å². The first-order valence-corrected chi connectivity index (χ1v) is 7.72. The average Bonchev–Trinajstić information content (AvgIpc) is 2.64. The Balaban J connectivity index is 1.95. The molecule has 1 nitrogen and oxygen atoms in total. The van der Waals surface area contributed by atoms with Crippen LogP contribution >= 0.6 is 0 Å². The molecule has 0 radical (unpaired) electrons. The molecule has 1 atom stereocenters. The monoisotopic (exact) mass is 298 g/mol. The van der Waals surface area contributed by atoms with Crippen molar-refractivity contribution in [1.82, 2.24) is 0 Å². The number of carbonyl (C=O) groups is 1. The van der Waals surface area contributed by atoms with Crippen molar-refractivity contribution in [2.75, 3.05) is 0 Å². The van der Waals surface area contributed by atoms with E-state index in [-0.39, 0.29) is 11.7 Å². The molecule has 3 aromatic carbocycles. The highest BCUT2D eigenvalue weighted by atomic mass is 16.1. The molecular weight excluding hydrogens is 280 g/mol. The normalized spacial score (nSPS) is 12.2. The molecule has 0 aliphatic rings. The Morgan fingerprint density at radius 1 is 0.696 bits per heavy atom. The topological polar surface area (TPSA) is 17.1 Å². The van der Waals surface area contributed by atoms with Crippen molar-refractivity contribution in [2.24, 2.45) is 0 Å². The molecule has 0 saturated heterocycles. The van der Waals surface area contributed by atoms with Gasteiger partial charge in [-0.15, -0.1) is 0 Å². The molecular formula is C22H18O. The summed E-state index contributed by atoms with van der Waals surface area (Å²) in [5, 5.41) is 0. The Labute approximate surface area is 136 Å². The highest BCUT2D eigenvalue weighted by molar-refractivity contribution is 6.02. The van der Waals surface area contributed by atoms with E-state index in [1.807, 2.05) is 103 Å². The molecule has 0 bridgehead atoms. The highest BCUT2D eigenvalue weighted by Crippen LogP contribution is 2.23. The predicted octanol–water partition coefficient (Wildman–Crippen LogP) is 5.37. The lowest BCUT2D eigenvalue weighted by Crippen LogP contribution is -2.10. The lowest BCUT2D eigenvalue weighted by molar-refractivity contribution is 0.0976. The zero-order valence-electron chi connectivity index (χ0n) is 12.8. The second-order valence-corrected chi connectivity index (χ2v) is 5.39. The van der Waals surface area contributed by atoms with Crippen LogP contribution < -0.4 is 0 Å². The maximum Gasteiger partial charge on any atom is 0.174 e. The number of Topliss-reactive ketones (excluding diaryl/α,β-unsaturated/α-hetero) is 1. The third-order valence-electron chi connectivity index (χ3n) is 3.78. The van der Waals surface area contributed by atoms with Crippen LogP contribution in [0, 0.1) is 0 Å². The summed E-state index contributed by atoms with van der Waals surface area (Å²) in [6.45, 7) is 0. The van der Waals surface area contributed by atoms with Gasteiger partial charge in [0.25, 0.3) is 0 Å². The Bertz CT molecular complexity index is 774. The number of hydrogen-bond donors (Lipinski definition) is 0. The second-order valence-electron chi connectivity index (χ2n) is 5.39. The lowest BCUT2D eigenvalue weighted by Gasteiger charge is -2.12. The summed E-state index contributed by atoms with van der Waals surface area (Å²) in [5.74, 6) is -0.164. The van der Waals surface area contributed by atoms with E-state index in [4.69, 9.17) is 0 Å². The molecule has 0 fully saturated rings. The first kappa shape index (κ1) is 15.0. The number of hydrogen-bond acceptors (Lipinski definition) is 1. The van der Waals surface area contributed by atoms with Crippen LogP contribution in [0.5, 0.6) is 0 Å². The lowest BCUT2D eigenvalue weighted by atomic mass is 9.90. The van der Waals surface area contributed by atoms with Gasteiger partial charge in [0.1, 0.15) is 0 Å². The quantitative estimate of drug-likeness (QED) is 0.579. The smallest absolute Gasteiger partial charge is 0.174 e. The van der Waals surface area contributed by atoms with Crippen molar-refractivity contribution in [1.29, 1.82) is 0 Å². The van der Waals surface area contributed by atoms with Crippen molar-refractivity contribution >= 4 is 11.9 Å². The number of carbonyl (C=O) groups excluding carboxylic acids is 1. The molecule has 0 saturated carbocycles. The van der Waals surface area contributed by atoms with Gasteiger partial charge in [-0.3, -0.25) is 4.79 Å². The molecule has 0 aliphatic heterocycles. The van der Waals surface area contributed by atoms with E-state index in [0.29, 0.717) is 0 Å². The van der Waals surface area contributed by atoms with Crippen molar-refractivity contribution in [3.63, 3.8) is 0 Å². The molecule has 3 rings (SSSR count). The van der Waals surface area contributed by atoms with E-state index in [0.717, 1.165) is 16.7 Å². The van der Waals surface area contributed by atoms with Gasteiger partial charge in [0.2, 0.25) is 0 Å². The Morgan fingerprint density at radius 2 is 1.22 bits per heavy atom. The SMILES string of the molecule is O=C(c1ccccc1)C(C=Cc1ccccc1)c1ccccc1. The summed E-state index contributed by atoms with van der Waals surface area (Å²) in [4.78, 5) is 12.9. The van der Waals surface area contributed by atoms with Gasteiger partial charge >= 0.3 is 0 Å². The highest BCUT2D eigenvalue weighted by Gasteiger charge is 2.18. The molecule has 0 amide bonds. The fraction of sp³-hybridized carbons (Fsp3) is 0.0455. The molecule has 0 aliphatic carbocycles. The van der Waals surface area contributed by atoms with Gasteiger partial charge < -0.3 is 0 Å². The van der Waals surface area contributed by atoms with E-state index >= 15 is 0 Å². The van der Waals surface area contributed by atoms with Gasteiger partial charge in [-0.25, -0.2) is 0 Å². The van der Waals surface area contributed by atoms with Crippen molar-refractivity contribution in [2.45, 2.75) is 5.92 Å². The predicted molar refractivity (Wildman–Crippen MR) is 95.4 cm³/mol. The summed E-state index contributed by atoms with van der Waals surface area (Å²) < 4.78 is 0. The zero-order chi connectivity index (χ0) is 15.9. The molecule has 3 aromatic rings. The molecule has 0 heterocycles. The largest absolute Gasteiger partial charge is 0.293 e. The van der Waals surface area contributed by atoms with Gasteiger partial charge in [-0.05, 0) is 11.1 Å². The second kappa shape index (κ2) is 7.37. The van der Waals surface area contributed by atoms with Crippen LogP contribution in [0.15, 0.2) is 97.1 Å².